The lowest BCUT2D eigenvalue weighted by Gasteiger charge is -2.24. The highest BCUT2D eigenvalue weighted by atomic mass is 32.2. The molecule has 0 aliphatic heterocycles. The lowest BCUT2D eigenvalue weighted by Crippen LogP contribution is -2.41. The third-order valence-corrected chi connectivity index (χ3v) is 8.21. The Kier molecular flexibility index (Phi) is 8.04. The molecule has 162 valence electrons. The Bertz CT molecular complexity index is 929. The molecule has 0 atom stereocenters. The van der Waals surface area contributed by atoms with Gasteiger partial charge in [0.2, 0.25) is 5.91 Å². The first kappa shape index (κ1) is 22.5. The Labute approximate surface area is 183 Å². The fraction of sp³-hybridized carbons (Fsp3) is 0.409. The normalized spacial score (nSPS) is 14.4. The van der Waals surface area contributed by atoms with E-state index in [0.29, 0.717) is 23.2 Å². The van der Waals surface area contributed by atoms with Gasteiger partial charge < -0.3 is 10.1 Å². The zero-order chi connectivity index (χ0) is 21.4. The van der Waals surface area contributed by atoms with Crippen LogP contribution in [0, 0.1) is 0 Å². The molecule has 0 aromatic heterocycles. The summed E-state index contributed by atoms with van der Waals surface area (Å²) in [6.07, 6.45) is 5.07. The monoisotopic (exact) mass is 448 g/mol. The number of amides is 1. The SMILES string of the molecule is COc1cccc(N(CC(=O)NCCSC2CCCC2)S(=O)(=O)c2ccccc2)c1. The Morgan fingerprint density at radius 1 is 1.13 bits per heavy atom. The van der Waals surface area contributed by atoms with Crippen molar-refractivity contribution in [3.8, 4) is 5.75 Å². The van der Waals surface area contributed by atoms with E-state index in [2.05, 4.69) is 5.32 Å². The summed E-state index contributed by atoms with van der Waals surface area (Å²) in [5.41, 5.74) is 0.383. The highest BCUT2D eigenvalue weighted by Gasteiger charge is 2.27. The van der Waals surface area contributed by atoms with Crippen LogP contribution in [0.1, 0.15) is 25.7 Å². The maximum atomic E-state index is 13.3. The van der Waals surface area contributed by atoms with Crippen LogP contribution in [-0.4, -0.2) is 45.5 Å². The van der Waals surface area contributed by atoms with E-state index in [1.807, 2.05) is 11.8 Å². The second kappa shape index (κ2) is 10.7. The predicted molar refractivity (Wildman–Crippen MR) is 122 cm³/mol. The van der Waals surface area contributed by atoms with E-state index >= 15 is 0 Å². The molecule has 0 unspecified atom stereocenters. The average molecular weight is 449 g/mol. The van der Waals surface area contributed by atoms with Gasteiger partial charge in [0.05, 0.1) is 17.7 Å². The number of thioether (sulfide) groups is 1. The van der Waals surface area contributed by atoms with Crippen molar-refractivity contribution >= 4 is 33.4 Å². The first-order valence-corrected chi connectivity index (χ1v) is 12.6. The van der Waals surface area contributed by atoms with Gasteiger partial charge in [-0.05, 0) is 37.1 Å². The average Bonchev–Trinajstić information content (AvgIpc) is 3.29. The third-order valence-electron chi connectivity index (χ3n) is 5.04. The molecular weight excluding hydrogens is 420 g/mol. The summed E-state index contributed by atoms with van der Waals surface area (Å²) in [7, 11) is -2.39. The number of nitrogens with one attached hydrogen (secondary N) is 1. The molecule has 1 amide bonds. The van der Waals surface area contributed by atoms with Gasteiger partial charge in [0, 0.05) is 23.6 Å². The predicted octanol–water partition coefficient (Wildman–Crippen LogP) is 3.68. The van der Waals surface area contributed by atoms with Crippen molar-refractivity contribution in [3.63, 3.8) is 0 Å². The minimum atomic E-state index is -3.91. The van der Waals surface area contributed by atoms with Gasteiger partial charge in [-0.2, -0.15) is 11.8 Å². The maximum Gasteiger partial charge on any atom is 0.264 e. The van der Waals surface area contributed by atoms with E-state index in [0.717, 1.165) is 10.1 Å². The zero-order valence-corrected chi connectivity index (χ0v) is 18.8. The highest BCUT2D eigenvalue weighted by Crippen LogP contribution is 2.29. The molecule has 0 heterocycles. The summed E-state index contributed by atoms with van der Waals surface area (Å²) in [6.45, 7) is 0.232. The number of methoxy groups -OCH3 is 1. The molecule has 1 fully saturated rings. The van der Waals surface area contributed by atoms with Crippen molar-refractivity contribution in [2.45, 2.75) is 35.8 Å². The van der Waals surface area contributed by atoms with Gasteiger partial charge in [0.15, 0.2) is 0 Å². The molecule has 2 aromatic rings. The number of hydrogen-bond donors (Lipinski definition) is 1. The molecule has 1 aliphatic rings. The number of hydrogen-bond acceptors (Lipinski definition) is 5. The van der Waals surface area contributed by atoms with E-state index in [1.54, 1.807) is 42.5 Å². The Morgan fingerprint density at radius 2 is 1.87 bits per heavy atom. The van der Waals surface area contributed by atoms with Gasteiger partial charge in [-0.15, -0.1) is 0 Å². The minimum Gasteiger partial charge on any atom is -0.497 e. The van der Waals surface area contributed by atoms with Gasteiger partial charge in [0.1, 0.15) is 12.3 Å². The van der Waals surface area contributed by atoms with Crippen molar-refractivity contribution in [3.05, 3.63) is 54.6 Å². The van der Waals surface area contributed by atoms with Crippen LogP contribution in [0.25, 0.3) is 0 Å². The fourth-order valence-electron chi connectivity index (χ4n) is 3.46. The number of carbonyl (C=O) groups is 1. The van der Waals surface area contributed by atoms with E-state index < -0.39 is 10.0 Å². The standard InChI is InChI=1S/C22H28N2O4S2/c1-28-19-9-7-8-18(16-19)24(30(26,27)21-12-3-2-4-13-21)17-22(25)23-14-15-29-20-10-5-6-11-20/h2-4,7-9,12-13,16,20H,5-6,10-11,14-15,17H2,1H3,(H,23,25). The van der Waals surface area contributed by atoms with Crippen molar-refractivity contribution in [1.82, 2.24) is 5.32 Å². The molecule has 3 rings (SSSR count). The first-order chi connectivity index (χ1) is 14.5. The number of nitrogens with zero attached hydrogens (tertiary/aromatic N) is 1. The van der Waals surface area contributed by atoms with Crippen LogP contribution < -0.4 is 14.4 Å². The Morgan fingerprint density at radius 3 is 2.57 bits per heavy atom. The summed E-state index contributed by atoms with van der Waals surface area (Å²) in [4.78, 5) is 12.7. The van der Waals surface area contributed by atoms with Crippen molar-refractivity contribution in [1.29, 1.82) is 0 Å². The quantitative estimate of drug-likeness (QED) is 0.561. The smallest absolute Gasteiger partial charge is 0.264 e. The second-order valence-corrected chi connectivity index (χ2v) is 10.4. The highest BCUT2D eigenvalue weighted by molar-refractivity contribution is 7.99. The summed E-state index contributed by atoms with van der Waals surface area (Å²) in [5.74, 6) is 1.03. The fourth-order valence-corrected chi connectivity index (χ4v) is 6.11. The van der Waals surface area contributed by atoms with Crippen LogP contribution >= 0.6 is 11.8 Å². The van der Waals surface area contributed by atoms with E-state index in [-0.39, 0.29) is 17.3 Å². The molecule has 8 heteroatoms. The molecule has 0 bridgehead atoms. The van der Waals surface area contributed by atoms with Gasteiger partial charge >= 0.3 is 0 Å². The second-order valence-electron chi connectivity index (χ2n) is 7.15. The number of ether oxygens (including phenoxy) is 1. The number of carbonyl (C=O) groups excluding carboxylic acids is 1. The van der Waals surface area contributed by atoms with Crippen LogP contribution in [0.3, 0.4) is 0 Å². The first-order valence-electron chi connectivity index (χ1n) is 10.1. The molecule has 1 saturated carbocycles. The Hall–Kier alpha value is -2.19. The van der Waals surface area contributed by atoms with Crippen LogP contribution in [0.2, 0.25) is 0 Å². The van der Waals surface area contributed by atoms with Crippen LogP contribution in [0.4, 0.5) is 5.69 Å². The maximum absolute atomic E-state index is 13.3. The topological polar surface area (TPSA) is 75.7 Å². The number of rotatable bonds is 10. The van der Waals surface area contributed by atoms with Gasteiger partial charge in [-0.1, -0.05) is 37.1 Å². The number of sulfonamides is 1. The molecule has 2 aromatic carbocycles. The van der Waals surface area contributed by atoms with Gasteiger partial charge in [-0.3, -0.25) is 9.10 Å². The summed E-state index contributed by atoms with van der Waals surface area (Å²) < 4.78 is 32.9. The molecule has 1 N–H and O–H groups in total. The lowest BCUT2D eigenvalue weighted by molar-refractivity contribution is -0.119. The van der Waals surface area contributed by atoms with E-state index in [9.17, 15) is 13.2 Å². The van der Waals surface area contributed by atoms with E-state index in [4.69, 9.17) is 4.74 Å². The van der Waals surface area contributed by atoms with E-state index in [1.165, 1.54) is 44.9 Å². The minimum absolute atomic E-state index is 0.136. The van der Waals surface area contributed by atoms with Crippen LogP contribution in [-0.2, 0) is 14.8 Å². The summed E-state index contributed by atoms with van der Waals surface area (Å²) in [5, 5.41) is 3.55. The number of anilines is 1. The van der Waals surface area contributed by atoms with Crippen molar-refractivity contribution in [2.24, 2.45) is 0 Å². The molecule has 30 heavy (non-hydrogen) atoms. The molecule has 6 nitrogen and oxygen atoms in total. The molecule has 1 aliphatic carbocycles. The lowest BCUT2D eigenvalue weighted by atomic mass is 10.3. The molecule has 0 radical (unpaired) electrons. The van der Waals surface area contributed by atoms with Crippen LogP contribution in [0.5, 0.6) is 5.75 Å². The Balaban J connectivity index is 1.71. The zero-order valence-electron chi connectivity index (χ0n) is 17.1. The molecular formula is C22H28N2O4S2. The number of benzene rings is 2. The summed E-state index contributed by atoms with van der Waals surface area (Å²) in [6, 6.07) is 14.8. The largest absolute Gasteiger partial charge is 0.497 e. The molecule has 0 saturated heterocycles. The van der Waals surface area contributed by atoms with Crippen LogP contribution in [0.15, 0.2) is 59.5 Å². The molecule has 0 spiro atoms. The summed E-state index contributed by atoms with van der Waals surface area (Å²) >= 11 is 1.89. The van der Waals surface area contributed by atoms with Crippen molar-refractivity contribution < 1.29 is 17.9 Å². The third kappa shape index (κ3) is 5.92. The van der Waals surface area contributed by atoms with Crippen molar-refractivity contribution in [2.75, 3.05) is 30.3 Å². The van der Waals surface area contributed by atoms with Gasteiger partial charge in [0.25, 0.3) is 10.0 Å². The van der Waals surface area contributed by atoms with Gasteiger partial charge in [-0.25, -0.2) is 8.42 Å².